The zero-order valence-corrected chi connectivity index (χ0v) is 11.6. The maximum Gasteiger partial charge on any atom is 0.109 e. The quantitative estimate of drug-likeness (QED) is 0.850. The second-order valence-electron chi connectivity index (χ2n) is 3.75. The van der Waals surface area contributed by atoms with Crippen LogP contribution in [0.3, 0.4) is 0 Å². The topological polar surface area (TPSA) is 24.9 Å². The van der Waals surface area contributed by atoms with Gasteiger partial charge in [-0.2, -0.15) is 11.3 Å². The molecule has 2 rings (SSSR count). The van der Waals surface area contributed by atoms with E-state index in [1.54, 1.807) is 11.3 Å². The molecule has 0 bridgehead atoms. The van der Waals surface area contributed by atoms with Crippen LogP contribution in [-0.2, 0) is 0 Å². The molecule has 1 atom stereocenters. The molecule has 0 amide bonds. The summed E-state index contributed by atoms with van der Waals surface area (Å²) in [5.41, 5.74) is 3.51. The van der Waals surface area contributed by atoms with Gasteiger partial charge in [0.2, 0.25) is 0 Å². The number of thiophene rings is 1. The van der Waals surface area contributed by atoms with E-state index in [0.29, 0.717) is 6.04 Å². The second-order valence-corrected chi connectivity index (χ2v) is 5.29. The van der Waals surface area contributed by atoms with Gasteiger partial charge in [0.15, 0.2) is 0 Å². The van der Waals surface area contributed by atoms with Crippen molar-refractivity contribution < 1.29 is 0 Å². The first-order chi connectivity index (χ1) is 7.66. The number of aryl methyl sites for hydroxylation is 1. The van der Waals surface area contributed by atoms with Gasteiger partial charge in [0.25, 0.3) is 0 Å². The minimum absolute atomic E-state index is 0.314. The lowest BCUT2D eigenvalue weighted by Gasteiger charge is -2.14. The van der Waals surface area contributed by atoms with E-state index in [9.17, 15) is 0 Å². The van der Waals surface area contributed by atoms with Crippen LogP contribution in [0.5, 0.6) is 0 Å². The van der Waals surface area contributed by atoms with Gasteiger partial charge in [-0.25, -0.2) is 4.98 Å². The van der Waals surface area contributed by atoms with E-state index in [1.807, 2.05) is 13.1 Å². The molecule has 16 heavy (non-hydrogen) atoms. The van der Waals surface area contributed by atoms with E-state index in [2.05, 4.69) is 56.0 Å². The first-order valence-corrected chi connectivity index (χ1v) is 6.81. The van der Waals surface area contributed by atoms with Gasteiger partial charge in [0, 0.05) is 6.04 Å². The summed E-state index contributed by atoms with van der Waals surface area (Å²) in [5, 5.41) is 7.69. The number of nitrogens with zero attached hydrogens (tertiary/aromatic N) is 1. The molecule has 0 aromatic carbocycles. The highest BCUT2D eigenvalue weighted by atomic mass is 79.9. The summed E-state index contributed by atoms with van der Waals surface area (Å²) in [7, 11) is 0. The van der Waals surface area contributed by atoms with Crippen LogP contribution >= 0.6 is 27.3 Å². The minimum atomic E-state index is 0.314. The Morgan fingerprint density at radius 2 is 2.31 bits per heavy atom. The summed E-state index contributed by atoms with van der Waals surface area (Å²) in [4.78, 5) is 4.27. The summed E-state index contributed by atoms with van der Waals surface area (Å²) < 4.78 is 0.904. The van der Waals surface area contributed by atoms with Gasteiger partial charge in [-0.3, -0.25) is 0 Å². The fraction of sp³-hybridized carbons (Fsp3) is 0.250. The van der Waals surface area contributed by atoms with Crippen molar-refractivity contribution in [2.45, 2.75) is 19.9 Å². The van der Waals surface area contributed by atoms with Gasteiger partial charge < -0.3 is 5.32 Å². The summed E-state index contributed by atoms with van der Waals surface area (Å²) in [5.74, 6) is 0. The fourth-order valence-electron chi connectivity index (χ4n) is 1.49. The molecule has 0 saturated carbocycles. The lowest BCUT2D eigenvalue weighted by atomic mass is 10.2. The maximum atomic E-state index is 4.27. The predicted molar refractivity (Wildman–Crippen MR) is 73.0 cm³/mol. The van der Waals surface area contributed by atoms with E-state index in [4.69, 9.17) is 0 Å². The predicted octanol–water partition coefficient (Wildman–Crippen LogP) is 4.39. The van der Waals surface area contributed by atoms with Crippen LogP contribution in [0.4, 0.5) is 5.69 Å². The third kappa shape index (κ3) is 2.62. The lowest BCUT2D eigenvalue weighted by Crippen LogP contribution is -2.05. The van der Waals surface area contributed by atoms with Crippen LogP contribution in [0.1, 0.15) is 24.1 Å². The van der Waals surface area contributed by atoms with Crippen molar-refractivity contribution in [1.29, 1.82) is 0 Å². The van der Waals surface area contributed by atoms with Crippen LogP contribution in [-0.4, -0.2) is 4.98 Å². The van der Waals surface area contributed by atoms with E-state index in [1.165, 1.54) is 5.56 Å². The molecule has 2 aromatic heterocycles. The molecule has 0 aliphatic carbocycles. The summed E-state index contributed by atoms with van der Waals surface area (Å²) in [6, 6.07) is 4.55. The Morgan fingerprint density at radius 1 is 1.50 bits per heavy atom. The van der Waals surface area contributed by atoms with Gasteiger partial charge in [0.1, 0.15) is 4.60 Å². The number of aromatic nitrogens is 1. The van der Waals surface area contributed by atoms with Crippen molar-refractivity contribution in [3.05, 3.63) is 44.8 Å². The number of anilines is 1. The molecule has 84 valence electrons. The smallest absolute Gasteiger partial charge is 0.109 e. The Bertz CT molecular complexity index is 468. The van der Waals surface area contributed by atoms with Gasteiger partial charge in [0.05, 0.1) is 11.9 Å². The Kier molecular flexibility index (Phi) is 3.61. The minimum Gasteiger partial charge on any atom is -0.377 e. The normalized spacial score (nSPS) is 12.4. The van der Waals surface area contributed by atoms with Crippen molar-refractivity contribution in [1.82, 2.24) is 4.98 Å². The van der Waals surface area contributed by atoms with Crippen molar-refractivity contribution in [3.8, 4) is 0 Å². The molecule has 1 N–H and O–H groups in total. The van der Waals surface area contributed by atoms with Gasteiger partial charge in [-0.05, 0) is 63.8 Å². The average Bonchev–Trinajstić information content (AvgIpc) is 2.77. The SMILES string of the molecule is Cc1cc(NC(C)c2ccsc2)cnc1Br. The van der Waals surface area contributed by atoms with Crippen LogP contribution in [0.25, 0.3) is 0 Å². The highest BCUT2D eigenvalue weighted by molar-refractivity contribution is 9.10. The molecule has 0 spiro atoms. The molecule has 0 aliphatic heterocycles. The zero-order chi connectivity index (χ0) is 11.5. The van der Waals surface area contributed by atoms with Gasteiger partial charge in [-0.1, -0.05) is 0 Å². The van der Waals surface area contributed by atoms with Crippen molar-refractivity contribution in [2.75, 3.05) is 5.32 Å². The van der Waals surface area contributed by atoms with Crippen LogP contribution < -0.4 is 5.32 Å². The molecular formula is C12H13BrN2S. The Morgan fingerprint density at radius 3 is 2.94 bits per heavy atom. The molecule has 4 heteroatoms. The van der Waals surface area contributed by atoms with Gasteiger partial charge in [-0.15, -0.1) is 0 Å². The molecule has 0 radical (unpaired) electrons. The van der Waals surface area contributed by atoms with Crippen molar-refractivity contribution >= 4 is 33.0 Å². The summed E-state index contributed by atoms with van der Waals surface area (Å²) in [6.45, 7) is 4.19. The van der Waals surface area contributed by atoms with Crippen LogP contribution in [0.15, 0.2) is 33.7 Å². The highest BCUT2D eigenvalue weighted by Crippen LogP contribution is 2.23. The van der Waals surface area contributed by atoms with Crippen molar-refractivity contribution in [3.63, 3.8) is 0 Å². The van der Waals surface area contributed by atoms with E-state index < -0.39 is 0 Å². The molecular weight excluding hydrogens is 284 g/mol. The Hall–Kier alpha value is -0.870. The zero-order valence-electron chi connectivity index (χ0n) is 9.20. The fourth-order valence-corrected chi connectivity index (χ4v) is 2.46. The number of rotatable bonds is 3. The molecule has 0 aliphatic rings. The van der Waals surface area contributed by atoms with Crippen LogP contribution in [0.2, 0.25) is 0 Å². The van der Waals surface area contributed by atoms with Crippen molar-refractivity contribution in [2.24, 2.45) is 0 Å². The highest BCUT2D eigenvalue weighted by Gasteiger charge is 2.06. The van der Waals surface area contributed by atoms with E-state index in [0.717, 1.165) is 15.9 Å². The molecule has 2 heterocycles. The summed E-state index contributed by atoms with van der Waals surface area (Å²) >= 11 is 5.12. The Labute approximate surface area is 108 Å². The average molecular weight is 297 g/mol. The number of pyridine rings is 1. The molecule has 2 aromatic rings. The number of nitrogens with one attached hydrogen (secondary N) is 1. The maximum absolute atomic E-state index is 4.27. The monoisotopic (exact) mass is 296 g/mol. The Balaban J connectivity index is 2.12. The molecule has 1 unspecified atom stereocenters. The number of hydrogen-bond acceptors (Lipinski definition) is 3. The molecule has 2 nitrogen and oxygen atoms in total. The third-order valence-corrected chi connectivity index (χ3v) is 3.97. The van der Waals surface area contributed by atoms with Gasteiger partial charge >= 0.3 is 0 Å². The van der Waals surface area contributed by atoms with E-state index >= 15 is 0 Å². The third-order valence-electron chi connectivity index (χ3n) is 2.44. The lowest BCUT2D eigenvalue weighted by molar-refractivity contribution is 0.887. The number of hydrogen-bond donors (Lipinski definition) is 1. The first-order valence-electron chi connectivity index (χ1n) is 5.07. The number of halogens is 1. The van der Waals surface area contributed by atoms with E-state index in [-0.39, 0.29) is 0 Å². The summed E-state index contributed by atoms with van der Waals surface area (Å²) in [6.07, 6.45) is 1.85. The second kappa shape index (κ2) is 4.97. The standard InChI is InChI=1S/C12H13BrN2S/c1-8-5-11(6-14-12(8)13)15-9(2)10-3-4-16-7-10/h3-7,9,15H,1-2H3. The molecule has 0 fully saturated rings. The molecule has 0 saturated heterocycles. The largest absolute Gasteiger partial charge is 0.377 e. The van der Waals surface area contributed by atoms with Crippen LogP contribution in [0, 0.1) is 6.92 Å². The first kappa shape index (κ1) is 11.6.